The molecule has 0 saturated carbocycles. The summed E-state index contributed by atoms with van der Waals surface area (Å²) in [5.41, 5.74) is 3.83. The van der Waals surface area contributed by atoms with Crippen molar-refractivity contribution >= 4 is 46.0 Å². The fourth-order valence-corrected chi connectivity index (χ4v) is 3.65. The Balaban J connectivity index is 1.59. The first-order valence-electron chi connectivity index (χ1n) is 11.5. The zero-order chi connectivity index (χ0) is 28.2. The molecule has 0 aliphatic heterocycles. The number of benzene rings is 3. The standard InChI is InChI=1S/C28H26BrN3O7/c1-36-23-14-19(15-24(37-2)27(23)38-3)28(35)30-17-25(33)32-31-16-20-13-21(29)10-11-22(20)39-26(34)12-9-18-7-5-4-6-8-18/h4-16H,17H2,1-3H3,(H,30,35)(H,32,33)/b12-9+,31-16-. The summed E-state index contributed by atoms with van der Waals surface area (Å²) in [6.07, 6.45) is 4.28. The van der Waals surface area contributed by atoms with Gasteiger partial charge in [0.05, 0.1) is 34.1 Å². The number of nitrogens with zero attached hydrogens (tertiary/aromatic N) is 1. The Kier molecular flexibility index (Phi) is 10.6. The minimum atomic E-state index is -0.577. The molecule has 3 aromatic carbocycles. The molecule has 11 heteroatoms. The largest absolute Gasteiger partial charge is 0.493 e. The molecule has 2 amide bonds. The first-order valence-corrected chi connectivity index (χ1v) is 12.3. The van der Waals surface area contributed by atoms with Crippen LogP contribution in [0.1, 0.15) is 21.5 Å². The Hall–Kier alpha value is -4.64. The highest BCUT2D eigenvalue weighted by atomic mass is 79.9. The van der Waals surface area contributed by atoms with E-state index in [1.807, 2.05) is 30.3 Å². The van der Waals surface area contributed by atoms with E-state index in [0.29, 0.717) is 27.3 Å². The molecule has 0 fully saturated rings. The summed E-state index contributed by atoms with van der Waals surface area (Å²) in [6, 6.07) is 17.2. The van der Waals surface area contributed by atoms with Gasteiger partial charge in [0.25, 0.3) is 11.8 Å². The lowest BCUT2D eigenvalue weighted by atomic mass is 10.1. The summed E-state index contributed by atoms with van der Waals surface area (Å²) < 4.78 is 21.9. The fraction of sp³-hybridized carbons (Fsp3) is 0.143. The van der Waals surface area contributed by atoms with E-state index in [2.05, 4.69) is 31.8 Å². The van der Waals surface area contributed by atoms with Crippen LogP contribution in [0.2, 0.25) is 0 Å². The molecule has 0 unspecified atom stereocenters. The molecule has 0 saturated heterocycles. The highest BCUT2D eigenvalue weighted by Crippen LogP contribution is 2.38. The SMILES string of the molecule is COc1cc(C(=O)NCC(=O)N/N=C\c2cc(Br)ccc2OC(=O)/C=C/c2ccccc2)cc(OC)c1OC. The van der Waals surface area contributed by atoms with E-state index < -0.39 is 17.8 Å². The summed E-state index contributed by atoms with van der Waals surface area (Å²) in [4.78, 5) is 37.1. The maximum Gasteiger partial charge on any atom is 0.336 e. The number of nitrogens with one attached hydrogen (secondary N) is 2. The van der Waals surface area contributed by atoms with Gasteiger partial charge in [-0.2, -0.15) is 5.10 Å². The first-order chi connectivity index (χ1) is 18.8. The molecule has 39 heavy (non-hydrogen) atoms. The fourth-order valence-electron chi connectivity index (χ4n) is 3.27. The van der Waals surface area contributed by atoms with Crippen LogP contribution in [0.5, 0.6) is 23.0 Å². The average Bonchev–Trinajstić information content (AvgIpc) is 2.95. The number of hydrazone groups is 1. The molecule has 0 aliphatic carbocycles. The third-order valence-corrected chi connectivity index (χ3v) is 5.62. The number of amides is 2. The predicted octanol–water partition coefficient (Wildman–Crippen LogP) is 3.97. The zero-order valence-corrected chi connectivity index (χ0v) is 23.0. The number of hydrogen-bond acceptors (Lipinski definition) is 8. The van der Waals surface area contributed by atoms with Gasteiger partial charge in [-0.05, 0) is 42.0 Å². The van der Waals surface area contributed by atoms with Crippen molar-refractivity contribution in [3.8, 4) is 23.0 Å². The minimum Gasteiger partial charge on any atom is -0.493 e. The third kappa shape index (κ3) is 8.44. The normalized spacial score (nSPS) is 10.8. The van der Waals surface area contributed by atoms with Crippen molar-refractivity contribution in [2.24, 2.45) is 5.10 Å². The van der Waals surface area contributed by atoms with Crippen molar-refractivity contribution in [3.63, 3.8) is 0 Å². The quantitative estimate of drug-likeness (QED) is 0.113. The molecular formula is C28H26BrN3O7. The second-order valence-electron chi connectivity index (χ2n) is 7.74. The number of carbonyl (C=O) groups excluding carboxylic acids is 3. The first kappa shape index (κ1) is 28.9. The molecule has 10 nitrogen and oxygen atoms in total. The van der Waals surface area contributed by atoms with Crippen molar-refractivity contribution in [2.45, 2.75) is 0 Å². The van der Waals surface area contributed by atoms with Crippen LogP contribution in [0.25, 0.3) is 6.08 Å². The van der Waals surface area contributed by atoms with E-state index >= 15 is 0 Å². The highest BCUT2D eigenvalue weighted by Gasteiger charge is 2.17. The number of ether oxygens (including phenoxy) is 4. The van der Waals surface area contributed by atoms with E-state index in [1.165, 1.54) is 45.8 Å². The van der Waals surface area contributed by atoms with Gasteiger partial charge in [0.1, 0.15) is 5.75 Å². The lowest BCUT2D eigenvalue weighted by molar-refractivity contribution is -0.129. The van der Waals surface area contributed by atoms with Crippen LogP contribution in [0.3, 0.4) is 0 Å². The average molecular weight is 596 g/mol. The summed E-state index contributed by atoms with van der Waals surface area (Å²) >= 11 is 3.36. The maximum absolute atomic E-state index is 12.6. The molecule has 2 N–H and O–H groups in total. The molecule has 0 radical (unpaired) electrons. The van der Waals surface area contributed by atoms with Crippen LogP contribution < -0.4 is 29.7 Å². The lowest BCUT2D eigenvalue weighted by Gasteiger charge is -2.14. The van der Waals surface area contributed by atoms with Crippen molar-refractivity contribution in [2.75, 3.05) is 27.9 Å². The van der Waals surface area contributed by atoms with Crippen molar-refractivity contribution < 1.29 is 33.3 Å². The second kappa shape index (κ2) is 14.3. The van der Waals surface area contributed by atoms with E-state index in [-0.39, 0.29) is 17.9 Å². The van der Waals surface area contributed by atoms with E-state index in [0.717, 1.165) is 5.56 Å². The van der Waals surface area contributed by atoms with Gasteiger partial charge in [-0.25, -0.2) is 10.2 Å². The molecular weight excluding hydrogens is 570 g/mol. The summed E-state index contributed by atoms with van der Waals surface area (Å²) in [5, 5.41) is 6.41. The minimum absolute atomic E-state index is 0.211. The predicted molar refractivity (Wildman–Crippen MR) is 149 cm³/mol. The van der Waals surface area contributed by atoms with Crippen molar-refractivity contribution in [3.05, 3.63) is 87.9 Å². The topological polar surface area (TPSA) is 125 Å². The Morgan fingerprint density at radius 3 is 2.23 bits per heavy atom. The van der Waals surface area contributed by atoms with E-state index in [9.17, 15) is 14.4 Å². The number of methoxy groups -OCH3 is 3. The van der Waals surface area contributed by atoms with Gasteiger partial charge in [0.2, 0.25) is 5.75 Å². The molecule has 0 atom stereocenters. The van der Waals surface area contributed by atoms with E-state index in [4.69, 9.17) is 18.9 Å². The molecule has 3 rings (SSSR count). The smallest absolute Gasteiger partial charge is 0.336 e. The molecule has 0 bridgehead atoms. The molecule has 0 heterocycles. The molecule has 202 valence electrons. The number of carbonyl (C=O) groups is 3. The molecule has 0 aromatic heterocycles. The number of halogens is 1. The van der Waals surface area contributed by atoms with Gasteiger partial charge < -0.3 is 24.3 Å². The molecule has 0 aliphatic rings. The number of rotatable bonds is 11. The third-order valence-electron chi connectivity index (χ3n) is 5.12. The maximum atomic E-state index is 12.6. The van der Waals surface area contributed by atoms with Gasteiger partial charge >= 0.3 is 5.97 Å². The van der Waals surface area contributed by atoms with Crippen LogP contribution in [-0.4, -0.2) is 51.9 Å². The Morgan fingerprint density at radius 1 is 0.897 bits per heavy atom. The van der Waals surface area contributed by atoms with Crippen LogP contribution in [0.4, 0.5) is 0 Å². The number of esters is 1. The van der Waals surface area contributed by atoms with Gasteiger partial charge in [0, 0.05) is 21.7 Å². The van der Waals surface area contributed by atoms with Crippen LogP contribution in [0, 0.1) is 0 Å². The Bertz CT molecular complexity index is 1370. The summed E-state index contributed by atoms with van der Waals surface area (Å²) in [5.74, 6) is -0.490. The molecule has 0 spiro atoms. The second-order valence-corrected chi connectivity index (χ2v) is 8.65. The number of hydrogen-bond donors (Lipinski definition) is 2. The summed E-state index contributed by atoms with van der Waals surface area (Å²) in [7, 11) is 4.32. The van der Waals surface area contributed by atoms with Gasteiger partial charge in [-0.3, -0.25) is 9.59 Å². The van der Waals surface area contributed by atoms with Gasteiger partial charge in [-0.1, -0.05) is 46.3 Å². The Morgan fingerprint density at radius 2 is 1.59 bits per heavy atom. The Labute approximate surface area is 233 Å². The van der Waals surface area contributed by atoms with E-state index in [1.54, 1.807) is 24.3 Å². The summed E-state index contributed by atoms with van der Waals surface area (Å²) in [6.45, 7) is -0.350. The van der Waals surface area contributed by atoms with Gasteiger partial charge in [0.15, 0.2) is 11.5 Å². The van der Waals surface area contributed by atoms with Crippen LogP contribution in [-0.2, 0) is 9.59 Å². The van der Waals surface area contributed by atoms with Crippen LogP contribution in [0.15, 0.2) is 76.3 Å². The lowest BCUT2D eigenvalue weighted by Crippen LogP contribution is -2.35. The monoisotopic (exact) mass is 595 g/mol. The van der Waals surface area contributed by atoms with Gasteiger partial charge in [-0.15, -0.1) is 0 Å². The van der Waals surface area contributed by atoms with Crippen molar-refractivity contribution in [1.82, 2.24) is 10.7 Å². The van der Waals surface area contributed by atoms with Crippen LogP contribution >= 0.6 is 15.9 Å². The highest BCUT2D eigenvalue weighted by molar-refractivity contribution is 9.10. The zero-order valence-electron chi connectivity index (χ0n) is 21.4. The molecule has 3 aromatic rings. The van der Waals surface area contributed by atoms with Crippen molar-refractivity contribution in [1.29, 1.82) is 0 Å².